The lowest BCUT2D eigenvalue weighted by molar-refractivity contribution is 0.448. The van der Waals surface area contributed by atoms with Crippen LogP contribution in [0.4, 0.5) is 4.39 Å². The van der Waals surface area contributed by atoms with Gasteiger partial charge in [-0.25, -0.2) is 0 Å². The highest BCUT2D eigenvalue weighted by molar-refractivity contribution is 5.13. The molecule has 12 heavy (non-hydrogen) atoms. The number of pyridine rings is 1. The summed E-state index contributed by atoms with van der Waals surface area (Å²) >= 11 is 0. The summed E-state index contributed by atoms with van der Waals surface area (Å²) in [5, 5.41) is 0. The largest absolute Gasteiger partial charge is 0.264 e. The van der Waals surface area contributed by atoms with Gasteiger partial charge in [0.1, 0.15) is 0 Å². The van der Waals surface area contributed by atoms with Crippen LogP contribution < -0.4 is 0 Å². The number of aromatic nitrogens is 1. The summed E-state index contributed by atoms with van der Waals surface area (Å²) in [7, 11) is 0. The van der Waals surface area contributed by atoms with Crippen LogP contribution in [0.2, 0.25) is 0 Å². The van der Waals surface area contributed by atoms with Gasteiger partial charge in [0.25, 0.3) is 0 Å². The first-order valence-electron chi connectivity index (χ1n) is 4.30. The lowest BCUT2D eigenvalue weighted by Gasteiger charge is -2.08. The maximum absolute atomic E-state index is 11.9. The summed E-state index contributed by atoms with van der Waals surface area (Å²) in [6, 6.07) is 3.96. The van der Waals surface area contributed by atoms with Crippen molar-refractivity contribution >= 4 is 0 Å². The number of halogens is 1. The summed E-state index contributed by atoms with van der Waals surface area (Å²) in [5.41, 5.74) is 1.20. The van der Waals surface area contributed by atoms with Crippen molar-refractivity contribution in [3.05, 3.63) is 30.1 Å². The van der Waals surface area contributed by atoms with Crippen LogP contribution in [0.1, 0.15) is 31.2 Å². The number of alkyl halides is 1. The lowest BCUT2D eigenvalue weighted by atomic mass is 9.98. The second-order valence-corrected chi connectivity index (χ2v) is 3.02. The van der Waals surface area contributed by atoms with Gasteiger partial charge < -0.3 is 0 Å². The van der Waals surface area contributed by atoms with Crippen LogP contribution in [0.3, 0.4) is 0 Å². The fourth-order valence-electron chi connectivity index (χ4n) is 1.22. The second-order valence-electron chi connectivity index (χ2n) is 3.02. The van der Waals surface area contributed by atoms with Crippen LogP contribution in [0.15, 0.2) is 24.5 Å². The van der Waals surface area contributed by atoms with E-state index in [1.807, 2.05) is 18.3 Å². The van der Waals surface area contributed by atoms with Gasteiger partial charge >= 0.3 is 0 Å². The van der Waals surface area contributed by atoms with Gasteiger partial charge in [-0.2, -0.15) is 0 Å². The Bertz CT molecular complexity index is 210. The fourth-order valence-corrected chi connectivity index (χ4v) is 1.22. The van der Waals surface area contributed by atoms with E-state index in [1.165, 1.54) is 5.56 Å². The van der Waals surface area contributed by atoms with Crippen LogP contribution in [-0.2, 0) is 0 Å². The van der Waals surface area contributed by atoms with Crippen molar-refractivity contribution < 1.29 is 4.39 Å². The van der Waals surface area contributed by atoms with Gasteiger partial charge in [0.15, 0.2) is 0 Å². The highest BCUT2D eigenvalue weighted by atomic mass is 19.1. The summed E-state index contributed by atoms with van der Waals surface area (Å²) in [6.45, 7) is 1.89. The standard InChI is InChI=1S/C10H14FN/c1-9(4-2-6-11)10-5-3-7-12-8-10/h3,5,7-9H,2,4,6H2,1H3. The molecule has 1 nitrogen and oxygen atoms in total. The maximum Gasteiger partial charge on any atom is 0.0894 e. The highest BCUT2D eigenvalue weighted by Crippen LogP contribution is 2.18. The van der Waals surface area contributed by atoms with E-state index in [9.17, 15) is 4.39 Å². The Kier molecular flexibility index (Phi) is 3.71. The number of nitrogens with zero attached hydrogens (tertiary/aromatic N) is 1. The van der Waals surface area contributed by atoms with E-state index in [2.05, 4.69) is 11.9 Å². The summed E-state index contributed by atoms with van der Waals surface area (Å²) in [5.74, 6) is 0.425. The molecule has 0 aliphatic rings. The van der Waals surface area contributed by atoms with Crippen LogP contribution in [0.25, 0.3) is 0 Å². The van der Waals surface area contributed by atoms with E-state index >= 15 is 0 Å². The van der Waals surface area contributed by atoms with Crippen LogP contribution >= 0.6 is 0 Å². The van der Waals surface area contributed by atoms with Crippen molar-refractivity contribution in [1.29, 1.82) is 0 Å². The molecule has 0 bridgehead atoms. The molecule has 2 heteroatoms. The molecule has 0 amide bonds. The molecule has 0 spiro atoms. The third-order valence-corrected chi connectivity index (χ3v) is 2.02. The molecule has 1 aromatic heterocycles. The minimum Gasteiger partial charge on any atom is -0.264 e. The molecule has 1 unspecified atom stereocenters. The predicted octanol–water partition coefficient (Wildman–Crippen LogP) is 2.93. The molecular formula is C10H14FN. The maximum atomic E-state index is 11.9. The highest BCUT2D eigenvalue weighted by Gasteiger charge is 2.03. The minimum atomic E-state index is -0.218. The van der Waals surface area contributed by atoms with Crippen molar-refractivity contribution in [1.82, 2.24) is 4.98 Å². The van der Waals surface area contributed by atoms with Gasteiger partial charge in [-0.3, -0.25) is 9.37 Å². The van der Waals surface area contributed by atoms with E-state index in [0.717, 1.165) is 6.42 Å². The molecule has 0 saturated carbocycles. The number of rotatable bonds is 4. The van der Waals surface area contributed by atoms with Crippen molar-refractivity contribution in [2.75, 3.05) is 6.67 Å². The van der Waals surface area contributed by atoms with Gasteiger partial charge in [-0.05, 0) is 30.4 Å². The molecule has 0 N–H and O–H groups in total. The molecule has 0 radical (unpaired) electrons. The van der Waals surface area contributed by atoms with Crippen LogP contribution in [0, 0.1) is 0 Å². The summed E-state index contributed by atoms with van der Waals surface area (Å²) in [4.78, 5) is 4.02. The lowest BCUT2D eigenvalue weighted by Crippen LogP contribution is -1.94. The topological polar surface area (TPSA) is 12.9 Å². The van der Waals surface area contributed by atoms with E-state index in [1.54, 1.807) is 6.20 Å². The Morgan fingerprint density at radius 3 is 3.00 bits per heavy atom. The molecule has 0 aromatic carbocycles. The van der Waals surface area contributed by atoms with E-state index < -0.39 is 0 Å². The average Bonchev–Trinajstić information content (AvgIpc) is 2.15. The second kappa shape index (κ2) is 4.86. The first-order chi connectivity index (χ1) is 5.84. The third kappa shape index (κ3) is 2.61. The van der Waals surface area contributed by atoms with Gasteiger partial charge in [0, 0.05) is 12.4 Å². The monoisotopic (exact) mass is 167 g/mol. The van der Waals surface area contributed by atoms with E-state index in [-0.39, 0.29) is 6.67 Å². The fraction of sp³-hybridized carbons (Fsp3) is 0.500. The Hall–Kier alpha value is -0.920. The summed E-state index contributed by atoms with van der Waals surface area (Å²) in [6.07, 6.45) is 5.16. The zero-order chi connectivity index (χ0) is 8.81. The molecule has 0 aliphatic carbocycles. The van der Waals surface area contributed by atoms with E-state index in [4.69, 9.17) is 0 Å². The van der Waals surface area contributed by atoms with Gasteiger partial charge in [-0.1, -0.05) is 13.0 Å². The Balaban J connectivity index is 2.48. The number of hydrogen-bond acceptors (Lipinski definition) is 1. The van der Waals surface area contributed by atoms with Crippen LogP contribution in [0.5, 0.6) is 0 Å². The zero-order valence-electron chi connectivity index (χ0n) is 7.33. The van der Waals surface area contributed by atoms with Gasteiger partial charge in [-0.15, -0.1) is 0 Å². The normalized spacial score (nSPS) is 12.8. The molecule has 1 atom stereocenters. The summed E-state index contributed by atoms with van der Waals surface area (Å²) < 4.78 is 11.9. The molecule has 66 valence electrons. The first kappa shape index (κ1) is 9.17. The molecule has 1 heterocycles. The van der Waals surface area contributed by atoms with Crippen molar-refractivity contribution in [2.24, 2.45) is 0 Å². The predicted molar refractivity (Wildman–Crippen MR) is 47.9 cm³/mol. The van der Waals surface area contributed by atoms with E-state index in [0.29, 0.717) is 12.3 Å². The molecule has 0 saturated heterocycles. The Labute approximate surface area is 72.6 Å². The molecule has 0 aliphatic heterocycles. The zero-order valence-corrected chi connectivity index (χ0v) is 7.33. The third-order valence-electron chi connectivity index (χ3n) is 2.02. The Morgan fingerprint density at radius 1 is 1.58 bits per heavy atom. The molecule has 1 aromatic rings. The van der Waals surface area contributed by atoms with Crippen molar-refractivity contribution in [3.8, 4) is 0 Å². The van der Waals surface area contributed by atoms with Crippen molar-refractivity contribution in [3.63, 3.8) is 0 Å². The SMILES string of the molecule is CC(CCCF)c1cccnc1. The molecule has 0 fully saturated rings. The van der Waals surface area contributed by atoms with Gasteiger partial charge in [0.2, 0.25) is 0 Å². The Morgan fingerprint density at radius 2 is 2.42 bits per heavy atom. The smallest absolute Gasteiger partial charge is 0.0894 e. The van der Waals surface area contributed by atoms with Gasteiger partial charge in [0.05, 0.1) is 6.67 Å². The van der Waals surface area contributed by atoms with Crippen LogP contribution in [-0.4, -0.2) is 11.7 Å². The molecule has 1 rings (SSSR count). The van der Waals surface area contributed by atoms with Crippen molar-refractivity contribution in [2.45, 2.75) is 25.7 Å². The minimum absolute atomic E-state index is 0.218. The average molecular weight is 167 g/mol. The number of hydrogen-bond donors (Lipinski definition) is 0. The molecular weight excluding hydrogens is 153 g/mol. The quantitative estimate of drug-likeness (QED) is 0.671. The first-order valence-corrected chi connectivity index (χ1v) is 4.30.